The van der Waals surface area contributed by atoms with Crippen LogP contribution in [0.15, 0.2) is 30.2 Å². The van der Waals surface area contributed by atoms with Crippen molar-refractivity contribution in [3.63, 3.8) is 0 Å². The number of hydrogen-bond donors (Lipinski definition) is 5. The zero-order valence-corrected chi connectivity index (χ0v) is 18.5. The number of carbonyl (C=O) groups is 1. The predicted molar refractivity (Wildman–Crippen MR) is 119 cm³/mol. The molecule has 0 fully saturated rings. The van der Waals surface area contributed by atoms with Gasteiger partial charge < -0.3 is 31.4 Å². The maximum atomic E-state index is 14.3. The summed E-state index contributed by atoms with van der Waals surface area (Å²) in [6.45, 7) is 3.46. The Kier molecular flexibility index (Phi) is 9.14. The van der Waals surface area contributed by atoms with Gasteiger partial charge in [0.05, 0.1) is 25.5 Å². The van der Waals surface area contributed by atoms with Crippen molar-refractivity contribution in [3.8, 4) is 5.75 Å². The fourth-order valence-corrected chi connectivity index (χ4v) is 2.65. The number of benzene rings is 1. The Bertz CT molecular complexity index is 1000. The van der Waals surface area contributed by atoms with Crippen molar-refractivity contribution < 1.29 is 18.3 Å². The molecule has 0 unspecified atom stereocenters. The zero-order valence-electron chi connectivity index (χ0n) is 17.7. The maximum Gasteiger partial charge on any atom is 0.239 e. The van der Waals surface area contributed by atoms with Crippen LogP contribution in [0.25, 0.3) is 0 Å². The molecule has 0 aliphatic rings. The zero-order chi connectivity index (χ0) is 23.7. The summed E-state index contributed by atoms with van der Waals surface area (Å²) in [4.78, 5) is 19.8. The number of aromatic nitrogens is 2. The minimum absolute atomic E-state index is 0.0147. The van der Waals surface area contributed by atoms with Gasteiger partial charge in [0.15, 0.2) is 17.4 Å². The lowest BCUT2D eigenvalue weighted by Gasteiger charge is -2.13. The summed E-state index contributed by atoms with van der Waals surface area (Å²) in [6, 6.07) is 2.31. The van der Waals surface area contributed by atoms with E-state index in [0.717, 1.165) is 12.3 Å². The van der Waals surface area contributed by atoms with E-state index >= 15 is 0 Å². The number of amides is 1. The number of ether oxygens (including phenoxy) is 1. The molecule has 1 aromatic heterocycles. The molecule has 12 heteroatoms. The second kappa shape index (κ2) is 11.8. The van der Waals surface area contributed by atoms with E-state index in [1.807, 2.05) is 13.8 Å². The normalized spacial score (nSPS) is 11.2. The van der Waals surface area contributed by atoms with Crippen molar-refractivity contribution in [3.05, 3.63) is 52.4 Å². The summed E-state index contributed by atoms with van der Waals surface area (Å²) in [5.41, 5.74) is 0.0259. The van der Waals surface area contributed by atoms with Gasteiger partial charge >= 0.3 is 0 Å². The molecule has 1 amide bonds. The fourth-order valence-electron chi connectivity index (χ4n) is 2.49. The Morgan fingerprint density at radius 2 is 2.09 bits per heavy atom. The van der Waals surface area contributed by atoms with E-state index in [2.05, 4.69) is 31.2 Å². The first kappa shape index (κ1) is 24.8. The Hall–Kier alpha value is -3.47. The van der Waals surface area contributed by atoms with Gasteiger partial charge in [-0.05, 0) is 26.0 Å². The monoisotopic (exact) mass is 467 g/mol. The van der Waals surface area contributed by atoms with E-state index in [-0.39, 0.29) is 58.8 Å². The smallest absolute Gasteiger partial charge is 0.239 e. The molecule has 0 atom stereocenters. The summed E-state index contributed by atoms with van der Waals surface area (Å²) >= 11 is 6.09. The van der Waals surface area contributed by atoms with E-state index in [9.17, 15) is 13.6 Å². The van der Waals surface area contributed by atoms with Gasteiger partial charge in [-0.3, -0.25) is 4.79 Å². The number of methoxy groups -OCH3 is 1. The Labute approximate surface area is 189 Å². The molecular formula is C20H24ClF2N7O2. The largest absolute Gasteiger partial charge is 0.494 e. The molecule has 0 saturated carbocycles. The Balaban J connectivity index is 2.08. The van der Waals surface area contributed by atoms with Crippen LogP contribution in [-0.2, 0) is 11.3 Å². The maximum absolute atomic E-state index is 14.3. The van der Waals surface area contributed by atoms with Crippen molar-refractivity contribution in [1.29, 1.82) is 5.41 Å². The van der Waals surface area contributed by atoms with Crippen LogP contribution in [0.4, 0.5) is 20.5 Å². The van der Waals surface area contributed by atoms with Gasteiger partial charge in [0.2, 0.25) is 11.9 Å². The van der Waals surface area contributed by atoms with Gasteiger partial charge in [0.25, 0.3) is 0 Å². The molecular weight excluding hydrogens is 444 g/mol. The quantitative estimate of drug-likeness (QED) is 0.322. The molecule has 0 radical (unpaired) electrons. The van der Waals surface area contributed by atoms with Crippen LogP contribution in [0, 0.1) is 17.0 Å². The molecule has 0 aliphatic heterocycles. The number of halogens is 3. The number of nitrogens with zero attached hydrogens (tertiary/aromatic N) is 2. The lowest BCUT2D eigenvalue weighted by atomic mass is 10.2. The molecule has 0 aliphatic carbocycles. The third-order valence-electron chi connectivity index (χ3n) is 3.93. The van der Waals surface area contributed by atoms with Crippen molar-refractivity contribution >= 4 is 35.5 Å². The summed E-state index contributed by atoms with van der Waals surface area (Å²) < 4.78 is 33.2. The van der Waals surface area contributed by atoms with E-state index in [1.54, 1.807) is 0 Å². The van der Waals surface area contributed by atoms with E-state index in [4.69, 9.17) is 21.7 Å². The minimum atomic E-state index is -0.829. The number of carbonyl (C=O) groups excluding carboxylic acids is 1. The third-order valence-corrected chi connectivity index (χ3v) is 4.21. The van der Waals surface area contributed by atoms with Crippen molar-refractivity contribution in [2.45, 2.75) is 26.4 Å². The van der Waals surface area contributed by atoms with Crippen LogP contribution < -0.4 is 26.0 Å². The highest BCUT2D eigenvalue weighted by molar-refractivity contribution is 6.32. The van der Waals surface area contributed by atoms with Gasteiger partial charge in [-0.1, -0.05) is 11.6 Å². The van der Waals surface area contributed by atoms with Gasteiger partial charge in [-0.15, -0.1) is 0 Å². The predicted octanol–water partition coefficient (Wildman–Crippen LogP) is 3.05. The van der Waals surface area contributed by atoms with Crippen LogP contribution in [0.2, 0.25) is 5.02 Å². The molecule has 32 heavy (non-hydrogen) atoms. The Morgan fingerprint density at radius 1 is 1.34 bits per heavy atom. The van der Waals surface area contributed by atoms with Gasteiger partial charge in [0, 0.05) is 30.6 Å². The molecule has 2 rings (SSSR count). The van der Waals surface area contributed by atoms with E-state index in [1.165, 1.54) is 25.6 Å². The molecule has 172 valence electrons. The Morgan fingerprint density at radius 3 is 2.75 bits per heavy atom. The summed E-state index contributed by atoms with van der Waals surface area (Å²) in [5.74, 6) is -1.67. The van der Waals surface area contributed by atoms with Gasteiger partial charge in [0.1, 0.15) is 10.8 Å². The molecule has 1 heterocycles. The van der Waals surface area contributed by atoms with Crippen LogP contribution in [-0.4, -0.2) is 41.8 Å². The molecule has 0 saturated heterocycles. The lowest BCUT2D eigenvalue weighted by molar-refractivity contribution is -0.120. The van der Waals surface area contributed by atoms with Crippen LogP contribution in [0.5, 0.6) is 5.75 Å². The van der Waals surface area contributed by atoms with Crippen molar-refractivity contribution in [2.24, 2.45) is 0 Å². The standard InChI is InChI=1S/C20H24ClF2N7O2/c1-11(2)28-17(31)10-25-7-12(6-24)29-20-27-9-14(21)19(30-20)26-8-13-15(22)4-5-16(32-3)18(13)23/h4-7,9,11,24-25H,8,10H2,1-3H3,(H,28,31)(H2,26,27,29,30)/b12-7+,24-6?. The number of anilines is 2. The highest BCUT2D eigenvalue weighted by atomic mass is 35.5. The summed E-state index contributed by atoms with van der Waals surface area (Å²) in [7, 11) is 1.28. The molecule has 9 nitrogen and oxygen atoms in total. The van der Waals surface area contributed by atoms with Crippen LogP contribution >= 0.6 is 11.6 Å². The van der Waals surface area contributed by atoms with Gasteiger partial charge in [-0.25, -0.2) is 13.8 Å². The average Bonchev–Trinajstić information content (AvgIpc) is 2.74. The van der Waals surface area contributed by atoms with Crippen LogP contribution in [0.3, 0.4) is 0 Å². The number of rotatable bonds is 11. The molecule has 5 N–H and O–H groups in total. The molecule has 0 bridgehead atoms. The second-order valence-corrected chi connectivity index (χ2v) is 7.17. The van der Waals surface area contributed by atoms with E-state index < -0.39 is 11.6 Å². The summed E-state index contributed by atoms with van der Waals surface area (Å²) in [5, 5.41) is 18.7. The lowest BCUT2D eigenvalue weighted by Crippen LogP contribution is -2.36. The minimum Gasteiger partial charge on any atom is -0.494 e. The third kappa shape index (κ3) is 7.05. The second-order valence-electron chi connectivity index (χ2n) is 6.76. The molecule has 1 aromatic carbocycles. The first-order valence-corrected chi connectivity index (χ1v) is 9.90. The first-order chi connectivity index (χ1) is 15.2. The van der Waals surface area contributed by atoms with Crippen molar-refractivity contribution in [1.82, 2.24) is 20.6 Å². The van der Waals surface area contributed by atoms with Crippen LogP contribution in [0.1, 0.15) is 19.4 Å². The fraction of sp³-hybridized carbons (Fsp3) is 0.300. The molecule has 0 spiro atoms. The highest BCUT2D eigenvalue weighted by Crippen LogP contribution is 2.25. The van der Waals surface area contributed by atoms with Crippen molar-refractivity contribution in [2.75, 3.05) is 24.3 Å². The highest BCUT2D eigenvalue weighted by Gasteiger charge is 2.15. The number of hydrogen-bond acceptors (Lipinski definition) is 8. The number of allylic oxidation sites excluding steroid dienone is 1. The van der Waals surface area contributed by atoms with E-state index in [0.29, 0.717) is 0 Å². The SMILES string of the molecule is COc1ccc(F)c(CNc2nc(N/C(C=N)=C/NCC(=O)NC(C)C)ncc2Cl)c1F. The topological polar surface area (TPSA) is 124 Å². The number of nitrogens with one attached hydrogen (secondary N) is 5. The molecule has 2 aromatic rings. The summed E-state index contributed by atoms with van der Waals surface area (Å²) in [6.07, 6.45) is 3.71. The average molecular weight is 468 g/mol. The first-order valence-electron chi connectivity index (χ1n) is 9.52. The van der Waals surface area contributed by atoms with Gasteiger partial charge in [-0.2, -0.15) is 4.98 Å².